The maximum absolute atomic E-state index is 13.7. The number of halogens is 4. The molecule has 0 aliphatic rings. The summed E-state index contributed by atoms with van der Waals surface area (Å²) < 4.78 is 46.3. The van der Waals surface area contributed by atoms with Crippen LogP contribution in [0.2, 0.25) is 5.02 Å². The highest BCUT2D eigenvalue weighted by Crippen LogP contribution is 2.44. The van der Waals surface area contributed by atoms with Crippen molar-refractivity contribution in [2.45, 2.75) is 6.18 Å². The van der Waals surface area contributed by atoms with Crippen LogP contribution in [0.25, 0.3) is 22.5 Å². The van der Waals surface area contributed by atoms with E-state index in [0.717, 1.165) is 18.7 Å². The molecule has 8 heteroatoms. The third-order valence-corrected chi connectivity index (χ3v) is 3.84. The number of hydrogen-bond acceptors (Lipinski definition) is 3. The Morgan fingerprint density at radius 3 is 2.32 bits per heavy atom. The lowest BCUT2D eigenvalue weighted by Crippen LogP contribution is -2.20. The van der Waals surface area contributed by atoms with Crippen LogP contribution in [0.5, 0.6) is 0 Å². The minimum Gasteiger partial charge on any atom is -0.443 e. The van der Waals surface area contributed by atoms with Gasteiger partial charge in [-0.3, -0.25) is 4.79 Å². The van der Waals surface area contributed by atoms with Crippen molar-refractivity contribution >= 4 is 17.5 Å². The van der Waals surface area contributed by atoms with Gasteiger partial charge >= 0.3 is 6.18 Å². The van der Waals surface area contributed by atoms with Gasteiger partial charge in [0, 0.05) is 10.6 Å². The number of nitrogens with zero attached hydrogens (tertiary/aromatic N) is 1. The Balaban J connectivity index is 2.40. The minimum absolute atomic E-state index is 0.125. The van der Waals surface area contributed by atoms with E-state index in [1.165, 1.54) is 6.07 Å². The number of carbonyl (C=O) groups excluding carboxylic acids is 1. The second-order valence-electron chi connectivity index (χ2n) is 5.15. The van der Waals surface area contributed by atoms with Crippen molar-refractivity contribution in [2.75, 3.05) is 0 Å². The average molecular weight is 367 g/mol. The standard InChI is InChI=1S/C17H10ClF3N2O2/c18-10-3-1-9(2-4-10)11-5-6-12(16(22)24)15(17(19,20)21)14(11)13-7-23-8-25-13/h1-8H,(H2,22,24). The quantitative estimate of drug-likeness (QED) is 0.725. The highest BCUT2D eigenvalue weighted by Gasteiger charge is 2.40. The summed E-state index contributed by atoms with van der Waals surface area (Å²) in [6.07, 6.45) is -2.66. The third kappa shape index (κ3) is 3.23. The number of nitrogens with two attached hydrogens (primary N) is 1. The Bertz CT molecular complexity index is 920. The van der Waals surface area contributed by atoms with Crippen LogP contribution in [0.3, 0.4) is 0 Å². The van der Waals surface area contributed by atoms with Gasteiger partial charge in [-0.15, -0.1) is 0 Å². The van der Waals surface area contributed by atoms with Crippen LogP contribution >= 0.6 is 11.6 Å². The highest BCUT2D eigenvalue weighted by atomic mass is 35.5. The van der Waals surface area contributed by atoms with E-state index in [-0.39, 0.29) is 16.9 Å². The molecule has 0 radical (unpaired) electrons. The first-order valence-electron chi connectivity index (χ1n) is 6.98. The molecule has 0 aliphatic carbocycles. The van der Waals surface area contributed by atoms with E-state index in [4.69, 9.17) is 21.8 Å². The van der Waals surface area contributed by atoms with Crippen molar-refractivity contribution in [3.63, 3.8) is 0 Å². The number of carbonyl (C=O) groups is 1. The summed E-state index contributed by atoms with van der Waals surface area (Å²) in [6.45, 7) is 0. The molecule has 0 atom stereocenters. The van der Waals surface area contributed by atoms with Crippen molar-refractivity contribution in [2.24, 2.45) is 5.73 Å². The van der Waals surface area contributed by atoms with Crippen molar-refractivity contribution in [1.29, 1.82) is 0 Å². The minimum atomic E-state index is -4.82. The van der Waals surface area contributed by atoms with Gasteiger partial charge in [-0.2, -0.15) is 13.2 Å². The first-order chi connectivity index (χ1) is 11.8. The Labute approximate surface area is 145 Å². The topological polar surface area (TPSA) is 69.1 Å². The van der Waals surface area contributed by atoms with Crippen LogP contribution in [0.4, 0.5) is 13.2 Å². The molecule has 0 fully saturated rings. The molecule has 2 N–H and O–H groups in total. The van der Waals surface area contributed by atoms with Crippen LogP contribution in [0.15, 0.2) is 53.4 Å². The van der Waals surface area contributed by atoms with E-state index in [9.17, 15) is 18.0 Å². The Kier molecular flexibility index (Phi) is 4.26. The van der Waals surface area contributed by atoms with Gasteiger partial charge in [0.25, 0.3) is 0 Å². The SMILES string of the molecule is NC(=O)c1ccc(-c2ccc(Cl)cc2)c(-c2cnco2)c1C(F)(F)F. The number of amides is 1. The molecule has 0 unspecified atom stereocenters. The highest BCUT2D eigenvalue weighted by molar-refractivity contribution is 6.30. The molecule has 2 aromatic carbocycles. The van der Waals surface area contributed by atoms with Gasteiger partial charge < -0.3 is 10.2 Å². The predicted octanol–water partition coefficient (Wildman–Crippen LogP) is 4.78. The van der Waals surface area contributed by atoms with Crippen LogP contribution in [-0.4, -0.2) is 10.9 Å². The smallest absolute Gasteiger partial charge is 0.417 e. The van der Waals surface area contributed by atoms with Crippen molar-refractivity contribution in [3.8, 4) is 22.5 Å². The van der Waals surface area contributed by atoms with Crippen molar-refractivity contribution in [3.05, 3.63) is 65.1 Å². The van der Waals surface area contributed by atoms with Gasteiger partial charge in [0.15, 0.2) is 12.2 Å². The van der Waals surface area contributed by atoms with Crippen LogP contribution in [0, 0.1) is 0 Å². The number of aromatic nitrogens is 1. The number of rotatable bonds is 3. The zero-order chi connectivity index (χ0) is 18.2. The number of benzene rings is 2. The molecular formula is C17H10ClF3N2O2. The number of oxazole rings is 1. The summed E-state index contributed by atoms with van der Waals surface area (Å²) in [5.74, 6) is -1.31. The first-order valence-corrected chi connectivity index (χ1v) is 7.35. The molecule has 0 bridgehead atoms. The normalized spacial score (nSPS) is 11.5. The van der Waals surface area contributed by atoms with Gasteiger partial charge in [-0.05, 0) is 29.3 Å². The Morgan fingerprint density at radius 1 is 1.12 bits per heavy atom. The molecule has 1 amide bonds. The lowest BCUT2D eigenvalue weighted by Gasteiger charge is -2.18. The van der Waals surface area contributed by atoms with Crippen molar-refractivity contribution < 1.29 is 22.4 Å². The predicted molar refractivity (Wildman–Crippen MR) is 85.9 cm³/mol. The van der Waals surface area contributed by atoms with E-state index in [1.807, 2.05) is 0 Å². The Hall–Kier alpha value is -2.80. The maximum Gasteiger partial charge on any atom is 0.417 e. The van der Waals surface area contributed by atoms with E-state index < -0.39 is 23.2 Å². The second-order valence-corrected chi connectivity index (χ2v) is 5.58. The molecule has 0 aliphatic heterocycles. The molecule has 3 rings (SSSR count). The van der Waals surface area contributed by atoms with Crippen LogP contribution < -0.4 is 5.73 Å². The zero-order valence-electron chi connectivity index (χ0n) is 12.5. The van der Waals surface area contributed by atoms with Gasteiger partial charge in [-0.25, -0.2) is 4.98 Å². The lowest BCUT2D eigenvalue weighted by molar-refractivity contribution is -0.137. The van der Waals surface area contributed by atoms with Crippen molar-refractivity contribution in [1.82, 2.24) is 4.98 Å². The van der Waals surface area contributed by atoms with E-state index in [0.29, 0.717) is 10.6 Å². The number of alkyl halides is 3. The van der Waals surface area contributed by atoms with Gasteiger partial charge in [0.2, 0.25) is 5.91 Å². The monoisotopic (exact) mass is 366 g/mol. The summed E-state index contributed by atoms with van der Waals surface area (Å²) in [4.78, 5) is 15.2. The van der Waals surface area contributed by atoms with Gasteiger partial charge in [-0.1, -0.05) is 29.8 Å². The molecule has 0 saturated carbocycles. The zero-order valence-corrected chi connectivity index (χ0v) is 13.2. The fraction of sp³-hybridized carbons (Fsp3) is 0.0588. The molecule has 0 saturated heterocycles. The largest absolute Gasteiger partial charge is 0.443 e. The molecule has 3 aromatic rings. The number of hydrogen-bond donors (Lipinski definition) is 1. The average Bonchev–Trinajstić information content (AvgIpc) is 3.07. The molecule has 0 spiro atoms. The van der Waals surface area contributed by atoms with Crippen LogP contribution in [-0.2, 0) is 6.18 Å². The Morgan fingerprint density at radius 2 is 1.80 bits per heavy atom. The fourth-order valence-electron chi connectivity index (χ4n) is 2.57. The molecule has 25 heavy (non-hydrogen) atoms. The first kappa shape index (κ1) is 17.0. The summed E-state index contributed by atoms with van der Waals surface area (Å²) >= 11 is 5.84. The number of primary amides is 1. The second kappa shape index (κ2) is 6.25. The molecule has 128 valence electrons. The summed E-state index contributed by atoms with van der Waals surface area (Å²) in [6, 6.07) is 8.68. The fourth-order valence-corrected chi connectivity index (χ4v) is 2.69. The molecular weight excluding hydrogens is 357 g/mol. The summed E-state index contributed by atoms with van der Waals surface area (Å²) in [5.41, 5.74) is 3.72. The van der Waals surface area contributed by atoms with Gasteiger partial charge in [0.1, 0.15) is 0 Å². The summed E-state index contributed by atoms with van der Waals surface area (Å²) in [5, 5.41) is 0.440. The maximum atomic E-state index is 13.7. The lowest BCUT2D eigenvalue weighted by atomic mass is 9.90. The van der Waals surface area contributed by atoms with E-state index in [2.05, 4.69) is 4.98 Å². The summed E-state index contributed by atoms with van der Waals surface area (Å²) in [7, 11) is 0. The molecule has 1 heterocycles. The van der Waals surface area contributed by atoms with Crippen LogP contribution in [0.1, 0.15) is 15.9 Å². The van der Waals surface area contributed by atoms with E-state index in [1.54, 1.807) is 24.3 Å². The van der Waals surface area contributed by atoms with E-state index >= 15 is 0 Å². The molecule has 4 nitrogen and oxygen atoms in total. The van der Waals surface area contributed by atoms with Gasteiger partial charge in [0.05, 0.1) is 17.3 Å². The third-order valence-electron chi connectivity index (χ3n) is 3.59. The molecule has 1 aromatic heterocycles.